The minimum absolute atomic E-state index is 0.113. The Labute approximate surface area is 119 Å². The molecule has 1 aromatic heterocycles. The number of para-hydroxylation sites is 1. The lowest BCUT2D eigenvalue weighted by atomic mass is 10.3. The zero-order chi connectivity index (χ0) is 13.7. The fourth-order valence-corrected chi connectivity index (χ4v) is 1.93. The molecule has 1 amide bonds. The molecule has 2 rings (SSSR count). The van der Waals surface area contributed by atoms with Crippen molar-refractivity contribution >= 4 is 34.8 Å². The quantitative estimate of drug-likeness (QED) is 0.891. The molecule has 0 unspecified atom stereocenters. The Morgan fingerprint density at radius 3 is 2.63 bits per heavy atom. The van der Waals surface area contributed by atoms with Crippen LogP contribution in [0.3, 0.4) is 0 Å². The van der Waals surface area contributed by atoms with Crippen molar-refractivity contribution in [1.82, 2.24) is 10.5 Å². The van der Waals surface area contributed by atoms with Crippen LogP contribution in [0.2, 0.25) is 10.0 Å². The summed E-state index contributed by atoms with van der Waals surface area (Å²) in [5, 5.41) is 9.92. The normalized spacial score (nSPS) is 10.4. The Kier molecular flexibility index (Phi) is 4.79. The van der Waals surface area contributed by atoms with Gasteiger partial charge in [-0.1, -0.05) is 34.4 Å². The zero-order valence-corrected chi connectivity index (χ0v) is 11.3. The maximum absolute atomic E-state index is 11.7. The number of rotatable bonds is 5. The number of carbonyl (C=O) groups is 1. The summed E-state index contributed by atoms with van der Waals surface area (Å²) < 4.78 is 4.89. The molecule has 0 bridgehead atoms. The summed E-state index contributed by atoms with van der Waals surface area (Å²) in [6.45, 7) is 0.534. The first-order chi connectivity index (χ1) is 9.16. The first-order valence-corrected chi connectivity index (χ1v) is 6.26. The zero-order valence-electron chi connectivity index (χ0n) is 9.82. The van der Waals surface area contributed by atoms with E-state index in [1.54, 1.807) is 30.5 Å². The number of hydrogen-bond donors (Lipinski definition) is 2. The second kappa shape index (κ2) is 6.56. The van der Waals surface area contributed by atoms with Crippen molar-refractivity contribution in [2.75, 3.05) is 11.9 Å². The summed E-state index contributed by atoms with van der Waals surface area (Å²) in [4.78, 5) is 11.7. The molecule has 0 atom stereocenters. The van der Waals surface area contributed by atoms with Crippen molar-refractivity contribution < 1.29 is 9.32 Å². The molecule has 0 radical (unpaired) electrons. The number of benzene rings is 1. The molecule has 19 heavy (non-hydrogen) atoms. The highest BCUT2D eigenvalue weighted by Gasteiger charge is 2.09. The molecular weight excluding hydrogens is 289 g/mol. The van der Waals surface area contributed by atoms with Crippen molar-refractivity contribution in [3.63, 3.8) is 0 Å². The van der Waals surface area contributed by atoms with Gasteiger partial charge in [0.05, 0.1) is 35.0 Å². The van der Waals surface area contributed by atoms with E-state index < -0.39 is 0 Å². The molecule has 0 aliphatic heterocycles. The molecule has 0 saturated carbocycles. The van der Waals surface area contributed by atoms with Gasteiger partial charge in [0, 0.05) is 6.07 Å². The van der Waals surface area contributed by atoms with Crippen LogP contribution in [0.25, 0.3) is 0 Å². The largest absolute Gasteiger partial charge is 0.360 e. The van der Waals surface area contributed by atoms with Gasteiger partial charge in [-0.05, 0) is 12.1 Å². The first-order valence-electron chi connectivity index (χ1n) is 5.51. The van der Waals surface area contributed by atoms with Crippen LogP contribution in [0.1, 0.15) is 5.76 Å². The standard InChI is InChI=1S/C12H11Cl2N3O2/c13-9-2-1-3-10(14)12(9)17-11(18)7-15-6-8-4-5-16-19-8/h1-5,15H,6-7H2,(H,17,18). The minimum atomic E-state index is -0.241. The molecule has 1 heterocycles. The minimum Gasteiger partial charge on any atom is -0.360 e. The first kappa shape index (κ1) is 13.9. The molecule has 5 nitrogen and oxygen atoms in total. The maximum Gasteiger partial charge on any atom is 0.238 e. The number of nitrogens with zero attached hydrogens (tertiary/aromatic N) is 1. The Morgan fingerprint density at radius 1 is 1.26 bits per heavy atom. The Balaban J connectivity index is 1.84. The van der Waals surface area contributed by atoms with Gasteiger partial charge in [0.2, 0.25) is 5.91 Å². The van der Waals surface area contributed by atoms with E-state index in [-0.39, 0.29) is 12.5 Å². The monoisotopic (exact) mass is 299 g/mol. The Bertz CT molecular complexity index is 538. The van der Waals surface area contributed by atoms with E-state index in [1.165, 1.54) is 0 Å². The van der Waals surface area contributed by atoms with Crippen LogP contribution in [-0.2, 0) is 11.3 Å². The molecule has 2 aromatic rings. The van der Waals surface area contributed by atoms with Gasteiger partial charge in [0.1, 0.15) is 5.76 Å². The number of hydrogen-bond acceptors (Lipinski definition) is 4. The van der Waals surface area contributed by atoms with Crippen LogP contribution in [-0.4, -0.2) is 17.6 Å². The highest BCUT2D eigenvalue weighted by Crippen LogP contribution is 2.29. The summed E-state index contributed by atoms with van der Waals surface area (Å²) in [7, 11) is 0. The van der Waals surface area contributed by atoms with Crippen LogP contribution in [0.15, 0.2) is 35.0 Å². The molecular formula is C12H11Cl2N3O2. The smallest absolute Gasteiger partial charge is 0.238 e. The van der Waals surface area contributed by atoms with E-state index in [4.69, 9.17) is 27.7 Å². The van der Waals surface area contributed by atoms with Crippen LogP contribution < -0.4 is 10.6 Å². The van der Waals surface area contributed by atoms with Crippen molar-refractivity contribution in [1.29, 1.82) is 0 Å². The van der Waals surface area contributed by atoms with E-state index in [0.29, 0.717) is 28.0 Å². The predicted octanol–water partition coefficient (Wildman–Crippen LogP) is 2.71. The number of aromatic nitrogens is 1. The van der Waals surface area contributed by atoms with Gasteiger partial charge in [-0.2, -0.15) is 0 Å². The number of carbonyl (C=O) groups excluding carboxylic acids is 1. The fraction of sp³-hybridized carbons (Fsp3) is 0.167. The second-order valence-electron chi connectivity index (χ2n) is 3.73. The lowest BCUT2D eigenvalue weighted by molar-refractivity contribution is -0.115. The average Bonchev–Trinajstić information content (AvgIpc) is 2.87. The predicted molar refractivity (Wildman–Crippen MR) is 73.3 cm³/mol. The van der Waals surface area contributed by atoms with Crippen molar-refractivity contribution in [3.8, 4) is 0 Å². The van der Waals surface area contributed by atoms with E-state index in [1.807, 2.05) is 0 Å². The molecule has 2 N–H and O–H groups in total. The molecule has 100 valence electrons. The van der Waals surface area contributed by atoms with E-state index >= 15 is 0 Å². The van der Waals surface area contributed by atoms with Crippen molar-refractivity contribution in [2.24, 2.45) is 0 Å². The number of anilines is 1. The summed E-state index contributed by atoms with van der Waals surface area (Å²) >= 11 is 11.9. The van der Waals surface area contributed by atoms with Gasteiger partial charge >= 0.3 is 0 Å². The van der Waals surface area contributed by atoms with Gasteiger partial charge in [0.15, 0.2) is 0 Å². The number of nitrogens with one attached hydrogen (secondary N) is 2. The van der Waals surface area contributed by atoms with E-state index in [2.05, 4.69) is 15.8 Å². The van der Waals surface area contributed by atoms with Crippen LogP contribution in [0, 0.1) is 0 Å². The average molecular weight is 300 g/mol. The van der Waals surface area contributed by atoms with Gasteiger partial charge in [-0.25, -0.2) is 0 Å². The molecule has 0 aliphatic carbocycles. The summed E-state index contributed by atoms with van der Waals surface area (Å²) in [5.74, 6) is 0.415. The molecule has 0 saturated heterocycles. The number of halogens is 2. The maximum atomic E-state index is 11.7. The third-order valence-corrected chi connectivity index (χ3v) is 2.93. The topological polar surface area (TPSA) is 67.2 Å². The van der Waals surface area contributed by atoms with Crippen molar-refractivity contribution in [2.45, 2.75) is 6.54 Å². The molecule has 1 aromatic carbocycles. The van der Waals surface area contributed by atoms with Crippen LogP contribution in [0.4, 0.5) is 5.69 Å². The third kappa shape index (κ3) is 3.96. The van der Waals surface area contributed by atoms with E-state index in [9.17, 15) is 4.79 Å². The lowest BCUT2D eigenvalue weighted by Crippen LogP contribution is -2.27. The fourth-order valence-electron chi connectivity index (χ4n) is 1.43. The van der Waals surface area contributed by atoms with Crippen LogP contribution >= 0.6 is 23.2 Å². The number of amides is 1. The molecule has 0 aliphatic rings. The summed E-state index contributed by atoms with van der Waals surface area (Å²) in [6.07, 6.45) is 1.54. The Morgan fingerprint density at radius 2 is 2.00 bits per heavy atom. The van der Waals surface area contributed by atoms with Gasteiger partial charge in [-0.3, -0.25) is 4.79 Å². The summed E-state index contributed by atoms with van der Waals surface area (Å²) in [6, 6.07) is 6.74. The highest BCUT2D eigenvalue weighted by atomic mass is 35.5. The van der Waals surface area contributed by atoms with Crippen molar-refractivity contribution in [3.05, 3.63) is 46.3 Å². The van der Waals surface area contributed by atoms with Gasteiger partial charge in [0.25, 0.3) is 0 Å². The van der Waals surface area contributed by atoms with Crippen LogP contribution in [0.5, 0.6) is 0 Å². The molecule has 0 fully saturated rings. The highest BCUT2D eigenvalue weighted by molar-refractivity contribution is 6.39. The second-order valence-corrected chi connectivity index (χ2v) is 4.54. The third-order valence-electron chi connectivity index (χ3n) is 2.30. The van der Waals surface area contributed by atoms with Gasteiger partial charge < -0.3 is 15.2 Å². The van der Waals surface area contributed by atoms with E-state index in [0.717, 1.165) is 0 Å². The lowest BCUT2D eigenvalue weighted by Gasteiger charge is -2.09. The molecule has 7 heteroatoms. The summed E-state index contributed by atoms with van der Waals surface area (Å²) in [5.41, 5.74) is 0.414. The van der Waals surface area contributed by atoms with Gasteiger partial charge in [-0.15, -0.1) is 0 Å². The Hall–Kier alpha value is -1.56. The molecule has 0 spiro atoms. The SMILES string of the molecule is O=C(CNCc1ccno1)Nc1c(Cl)cccc1Cl.